The van der Waals surface area contributed by atoms with Gasteiger partial charge in [0.1, 0.15) is 11.8 Å². The smallest absolute Gasteiger partial charge is 0.251 e. The summed E-state index contributed by atoms with van der Waals surface area (Å²) in [6.07, 6.45) is 0. The summed E-state index contributed by atoms with van der Waals surface area (Å²) in [4.78, 5) is 38.9. The lowest BCUT2D eigenvalue weighted by Crippen LogP contribution is -2.41. The Morgan fingerprint density at radius 3 is 2.23 bits per heavy atom. The standard InChI is InChI=1S/C34H36N4O5S/c1-21(2)25-8-10-26(11-9-25)32(33(40)37-27-12-15-29-30(17-27)43-20-42-29)38(18-24-6-13-28(41-5)14-7-24)31(39)19-44-34-35-22(3)16-23(4)36-34/h6-17,21,32H,18-20H2,1-5H3,(H,37,40)/t32-/m1/s1. The molecule has 10 heteroatoms. The largest absolute Gasteiger partial charge is 0.497 e. The Morgan fingerprint density at radius 1 is 0.909 bits per heavy atom. The number of aryl methyl sites for hydroxylation is 2. The number of amides is 2. The lowest BCUT2D eigenvalue weighted by atomic mass is 9.97. The Kier molecular flexibility index (Phi) is 9.69. The predicted octanol–water partition coefficient (Wildman–Crippen LogP) is 6.46. The number of nitrogens with one attached hydrogen (secondary N) is 1. The van der Waals surface area contributed by atoms with Gasteiger partial charge in [0, 0.05) is 29.7 Å². The summed E-state index contributed by atoms with van der Waals surface area (Å²) < 4.78 is 16.3. The molecule has 3 aromatic carbocycles. The van der Waals surface area contributed by atoms with Crippen LogP contribution in [0, 0.1) is 13.8 Å². The molecular formula is C34H36N4O5S. The van der Waals surface area contributed by atoms with Crippen molar-refractivity contribution in [1.82, 2.24) is 14.9 Å². The highest BCUT2D eigenvalue weighted by Crippen LogP contribution is 2.35. The number of rotatable bonds is 11. The van der Waals surface area contributed by atoms with Gasteiger partial charge in [-0.2, -0.15) is 0 Å². The minimum atomic E-state index is -0.933. The van der Waals surface area contributed by atoms with Crippen molar-refractivity contribution in [3.63, 3.8) is 0 Å². The zero-order valence-corrected chi connectivity index (χ0v) is 26.3. The van der Waals surface area contributed by atoms with Crippen LogP contribution in [0.1, 0.15) is 53.9 Å². The van der Waals surface area contributed by atoms with Crippen LogP contribution in [0.2, 0.25) is 0 Å². The van der Waals surface area contributed by atoms with E-state index in [-0.39, 0.29) is 30.9 Å². The van der Waals surface area contributed by atoms with Crippen molar-refractivity contribution < 1.29 is 23.8 Å². The Labute approximate surface area is 262 Å². The van der Waals surface area contributed by atoms with Gasteiger partial charge < -0.3 is 24.4 Å². The van der Waals surface area contributed by atoms with Crippen LogP contribution in [0.4, 0.5) is 5.69 Å². The highest BCUT2D eigenvalue weighted by Gasteiger charge is 2.32. The number of hydrogen-bond acceptors (Lipinski definition) is 8. The molecule has 2 amide bonds. The molecule has 4 aromatic rings. The molecule has 2 heterocycles. The Morgan fingerprint density at radius 2 is 1.57 bits per heavy atom. The Hall–Kier alpha value is -4.57. The third kappa shape index (κ3) is 7.49. The first-order valence-corrected chi connectivity index (χ1v) is 15.4. The number of benzene rings is 3. The van der Waals surface area contributed by atoms with Crippen LogP contribution < -0.4 is 19.5 Å². The minimum Gasteiger partial charge on any atom is -0.497 e. The van der Waals surface area contributed by atoms with Crippen molar-refractivity contribution >= 4 is 29.3 Å². The normalized spacial score (nSPS) is 12.6. The molecule has 1 aromatic heterocycles. The highest BCUT2D eigenvalue weighted by molar-refractivity contribution is 7.99. The van der Waals surface area contributed by atoms with E-state index in [0.717, 1.165) is 22.5 Å². The quantitative estimate of drug-likeness (QED) is 0.152. The van der Waals surface area contributed by atoms with Gasteiger partial charge in [0.25, 0.3) is 5.91 Å². The molecule has 1 atom stereocenters. The summed E-state index contributed by atoms with van der Waals surface area (Å²) in [6, 6.07) is 21.5. The summed E-state index contributed by atoms with van der Waals surface area (Å²) in [7, 11) is 1.61. The van der Waals surface area contributed by atoms with Crippen LogP contribution in [0.3, 0.4) is 0 Å². The molecule has 1 aliphatic heterocycles. The number of fused-ring (bicyclic) bond motifs is 1. The molecule has 9 nitrogen and oxygen atoms in total. The molecule has 0 saturated carbocycles. The molecule has 5 rings (SSSR count). The predicted molar refractivity (Wildman–Crippen MR) is 170 cm³/mol. The average Bonchev–Trinajstić information content (AvgIpc) is 3.48. The number of aromatic nitrogens is 2. The number of nitrogens with zero attached hydrogens (tertiary/aromatic N) is 3. The van der Waals surface area contributed by atoms with Gasteiger partial charge in [-0.3, -0.25) is 9.59 Å². The second-order valence-corrected chi connectivity index (χ2v) is 11.8. The van der Waals surface area contributed by atoms with Crippen molar-refractivity contribution in [3.8, 4) is 17.2 Å². The van der Waals surface area contributed by atoms with E-state index >= 15 is 0 Å². The summed E-state index contributed by atoms with van der Waals surface area (Å²) in [6.45, 7) is 8.35. The van der Waals surface area contributed by atoms with E-state index in [2.05, 4.69) is 29.1 Å². The van der Waals surface area contributed by atoms with Gasteiger partial charge in [-0.05, 0) is 66.8 Å². The minimum absolute atomic E-state index is 0.0525. The maximum Gasteiger partial charge on any atom is 0.251 e. The molecule has 0 bridgehead atoms. The van der Waals surface area contributed by atoms with Crippen LogP contribution >= 0.6 is 11.8 Å². The maximum absolute atomic E-state index is 14.2. The number of hydrogen-bond donors (Lipinski definition) is 1. The van der Waals surface area contributed by atoms with Crippen LogP contribution in [0.15, 0.2) is 78.0 Å². The fourth-order valence-corrected chi connectivity index (χ4v) is 5.77. The van der Waals surface area contributed by atoms with Gasteiger partial charge in [0.15, 0.2) is 16.7 Å². The van der Waals surface area contributed by atoms with Gasteiger partial charge in [-0.15, -0.1) is 0 Å². The molecular weight excluding hydrogens is 576 g/mol. The molecule has 44 heavy (non-hydrogen) atoms. The second kappa shape index (κ2) is 13.8. The Balaban J connectivity index is 1.50. The van der Waals surface area contributed by atoms with Gasteiger partial charge in [-0.1, -0.05) is 62.0 Å². The van der Waals surface area contributed by atoms with E-state index in [9.17, 15) is 9.59 Å². The van der Waals surface area contributed by atoms with E-state index < -0.39 is 6.04 Å². The topological polar surface area (TPSA) is 103 Å². The fraction of sp³-hybridized carbons (Fsp3) is 0.294. The van der Waals surface area contributed by atoms with E-state index in [0.29, 0.717) is 39.6 Å². The van der Waals surface area contributed by atoms with E-state index in [1.54, 1.807) is 30.2 Å². The fourth-order valence-electron chi connectivity index (χ4n) is 4.94. The third-order valence-corrected chi connectivity index (χ3v) is 8.07. The lowest BCUT2D eigenvalue weighted by Gasteiger charge is -2.32. The van der Waals surface area contributed by atoms with Gasteiger partial charge in [0.05, 0.1) is 12.9 Å². The number of carbonyl (C=O) groups excluding carboxylic acids is 2. The van der Waals surface area contributed by atoms with E-state index in [4.69, 9.17) is 14.2 Å². The van der Waals surface area contributed by atoms with Gasteiger partial charge in [0.2, 0.25) is 12.7 Å². The summed E-state index contributed by atoms with van der Waals surface area (Å²) in [5, 5.41) is 3.53. The molecule has 1 N–H and O–H groups in total. The number of methoxy groups -OCH3 is 1. The second-order valence-electron chi connectivity index (χ2n) is 10.9. The highest BCUT2D eigenvalue weighted by atomic mass is 32.2. The number of anilines is 1. The van der Waals surface area contributed by atoms with Gasteiger partial charge >= 0.3 is 0 Å². The van der Waals surface area contributed by atoms with Crippen molar-refractivity contribution in [1.29, 1.82) is 0 Å². The SMILES string of the molecule is COc1ccc(CN(C(=O)CSc2nc(C)cc(C)n2)[C@@H](C(=O)Nc2ccc3c(c2)OCO3)c2ccc(C(C)C)cc2)cc1. The van der Waals surface area contributed by atoms with Crippen LogP contribution in [-0.2, 0) is 16.1 Å². The molecule has 0 spiro atoms. The summed E-state index contributed by atoms with van der Waals surface area (Å²) in [5.41, 5.74) is 4.88. The lowest BCUT2D eigenvalue weighted by molar-refractivity contribution is -0.137. The first kappa shape index (κ1) is 30.9. The third-order valence-electron chi connectivity index (χ3n) is 7.24. The summed E-state index contributed by atoms with van der Waals surface area (Å²) in [5.74, 6) is 1.66. The number of carbonyl (C=O) groups is 2. The molecule has 0 radical (unpaired) electrons. The zero-order valence-electron chi connectivity index (χ0n) is 25.5. The first-order valence-electron chi connectivity index (χ1n) is 14.4. The number of thioether (sulfide) groups is 1. The van der Waals surface area contributed by atoms with E-state index in [1.807, 2.05) is 68.4 Å². The van der Waals surface area contributed by atoms with Crippen molar-refractivity contribution in [2.45, 2.75) is 51.4 Å². The van der Waals surface area contributed by atoms with Crippen molar-refractivity contribution in [2.75, 3.05) is 25.0 Å². The monoisotopic (exact) mass is 612 g/mol. The number of ether oxygens (including phenoxy) is 3. The molecule has 0 aliphatic carbocycles. The Bertz CT molecular complexity index is 1610. The average molecular weight is 613 g/mol. The molecule has 1 aliphatic rings. The van der Waals surface area contributed by atoms with Crippen LogP contribution in [0.25, 0.3) is 0 Å². The molecule has 0 saturated heterocycles. The van der Waals surface area contributed by atoms with Crippen molar-refractivity contribution in [3.05, 3.63) is 101 Å². The van der Waals surface area contributed by atoms with Gasteiger partial charge in [-0.25, -0.2) is 9.97 Å². The van der Waals surface area contributed by atoms with Crippen LogP contribution in [0.5, 0.6) is 17.2 Å². The van der Waals surface area contributed by atoms with Crippen LogP contribution in [-0.4, -0.2) is 46.3 Å². The zero-order chi connectivity index (χ0) is 31.2. The maximum atomic E-state index is 14.2. The first-order chi connectivity index (χ1) is 21.2. The summed E-state index contributed by atoms with van der Waals surface area (Å²) >= 11 is 1.25. The van der Waals surface area contributed by atoms with E-state index in [1.165, 1.54) is 11.8 Å². The molecule has 0 unspecified atom stereocenters. The van der Waals surface area contributed by atoms with Crippen molar-refractivity contribution in [2.24, 2.45) is 0 Å². The molecule has 0 fully saturated rings. The molecule has 228 valence electrons.